The second-order valence-corrected chi connectivity index (χ2v) is 4.01. The van der Waals surface area contributed by atoms with E-state index in [1.54, 1.807) is 0 Å². The molecule has 1 rings (SSSR count). The molecule has 0 saturated carbocycles. The van der Waals surface area contributed by atoms with Gasteiger partial charge in [-0.15, -0.1) is 0 Å². The van der Waals surface area contributed by atoms with Gasteiger partial charge in [-0.05, 0) is 20.3 Å². The fourth-order valence-corrected chi connectivity index (χ4v) is 1.53. The van der Waals surface area contributed by atoms with Gasteiger partial charge in [-0.3, -0.25) is 5.43 Å². The first-order chi connectivity index (χ1) is 9.74. The summed E-state index contributed by atoms with van der Waals surface area (Å²) in [6.45, 7) is 9.33. The maximum absolute atomic E-state index is 5.44. The average molecular weight is 284 g/mol. The third-order valence-electron chi connectivity index (χ3n) is 2.54. The number of nitrogens with zero attached hydrogens (tertiary/aromatic N) is 4. The second-order valence-electron chi connectivity index (χ2n) is 4.01. The van der Waals surface area contributed by atoms with Crippen LogP contribution in [0, 0.1) is 0 Å². The molecule has 20 heavy (non-hydrogen) atoms. The lowest BCUT2D eigenvalue weighted by molar-refractivity contribution is 0.153. The van der Waals surface area contributed by atoms with Crippen molar-refractivity contribution in [3.63, 3.8) is 0 Å². The van der Waals surface area contributed by atoms with Crippen molar-refractivity contribution >= 4 is 11.9 Å². The Hall–Kier alpha value is -1.67. The van der Waals surface area contributed by atoms with E-state index in [4.69, 9.17) is 15.3 Å². The summed E-state index contributed by atoms with van der Waals surface area (Å²) in [6.07, 6.45) is 0.883. The molecule has 0 atom stereocenters. The van der Waals surface area contributed by atoms with Crippen LogP contribution in [0.5, 0.6) is 6.01 Å². The molecule has 0 fully saturated rings. The fraction of sp³-hybridized carbons (Fsp3) is 0.750. The summed E-state index contributed by atoms with van der Waals surface area (Å²) < 4.78 is 10.8. The van der Waals surface area contributed by atoms with Crippen LogP contribution in [0.15, 0.2) is 0 Å². The Kier molecular flexibility index (Phi) is 7.59. The van der Waals surface area contributed by atoms with Gasteiger partial charge in [0.05, 0.1) is 13.2 Å². The summed E-state index contributed by atoms with van der Waals surface area (Å²) in [5.41, 5.74) is 2.43. The normalized spacial score (nSPS) is 10.4. The van der Waals surface area contributed by atoms with Gasteiger partial charge in [0, 0.05) is 19.7 Å². The second kappa shape index (κ2) is 9.27. The SMILES string of the molecule is CCCOc1nc(NN)nc(N(CC)CCOCC)n1. The Balaban J connectivity index is 2.83. The van der Waals surface area contributed by atoms with E-state index >= 15 is 0 Å². The summed E-state index contributed by atoms with van der Waals surface area (Å²) in [6, 6.07) is 0.277. The van der Waals surface area contributed by atoms with Crippen molar-refractivity contribution in [1.82, 2.24) is 15.0 Å². The molecule has 0 spiro atoms. The number of nitrogens with two attached hydrogens (primary N) is 1. The number of hydrogen-bond donors (Lipinski definition) is 2. The van der Waals surface area contributed by atoms with Crippen molar-refractivity contribution in [2.24, 2.45) is 5.84 Å². The van der Waals surface area contributed by atoms with Crippen molar-refractivity contribution in [2.75, 3.05) is 43.2 Å². The minimum Gasteiger partial charge on any atom is -0.463 e. The van der Waals surface area contributed by atoms with E-state index in [1.165, 1.54) is 0 Å². The van der Waals surface area contributed by atoms with E-state index in [0.29, 0.717) is 32.3 Å². The Morgan fingerprint density at radius 3 is 2.55 bits per heavy atom. The molecule has 0 aliphatic carbocycles. The third-order valence-corrected chi connectivity index (χ3v) is 2.54. The van der Waals surface area contributed by atoms with Gasteiger partial charge in [0.2, 0.25) is 11.9 Å². The number of hydrogen-bond acceptors (Lipinski definition) is 8. The number of nitrogens with one attached hydrogen (secondary N) is 1. The van der Waals surface area contributed by atoms with Gasteiger partial charge in [-0.1, -0.05) is 6.92 Å². The number of likely N-dealkylation sites (N-methyl/N-ethyl adjacent to an activating group) is 1. The molecule has 3 N–H and O–H groups in total. The number of rotatable bonds is 10. The van der Waals surface area contributed by atoms with Crippen molar-refractivity contribution in [3.8, 4) is 6.01 Å². The molecule has 1 aromatic heterocycles. The standard InChI is InChI=1S/C12H24N6O2/c1-4-8-20-12-15-10(17-13)14-11(16-12)18(5-2)7-9-19-6-3/h4-9,13H2,1-3H3,(H,14,15,16,17). The lowest BCUT2D eigenvalue weighted by Gasteiger charge is -2.21. The van der Waals surface area contributed by atoms with Crippen LogP contribution in [0.3, 0.4) is 0 Å². The van der Waals surface area contributed by atoms with Gasteiger partial charge >= 0.3 is 6.01 Å². The van der Waals surface area contributed by atoms with Gasteiger partial charge < -0.3 is 14.4 Å². The highest BCUT2D eigenvalue weighted by molar-refractivity contribution is 5.37. The van der Waals surface area contributed by atoms with E-state index in [1.807, 2.05) is 25.7 Å². The van der Waals surface area contributed by atoms with E-state index in [2.05, 4.69) is 20.4 Å². The average Bonchev–Trinajstić information content (AvgIpc) is 2.49. The maximum Gasteiger partial charge on any atom is 0.323 e. The fourth-order valence-electron chi connectivity index (χ4n) is 1.53. The molecule has 0 aliphatic heterocycles. The molecule has 1 aromatic rings. The molecule has 0 saturated heterocycles. The number of nitrogen functional groups attached to an aromatic ring is 1. The lowest BCUT2D eigenvalue weighted by atomic mass is 10.5. The van der Waals surface area contributed by atoms with Crippen molar-refractivity contribution in [2.45, 2.75) is 27.2 Å². The summed E-state index contributed by atoms with van der Waals surface area (Å²) >= 11 is 0. The van der Waals surface area contributed by atoms with Crippen molar-refractivity contribution in [1.29, 1.82) is 0 Å². The zero-order valence-electron chi connectivity index (χ0n) is 12.4. The van der Waals surface area contributed by atoms with Crippen LogP contribution >= 0.6 is 0 Å². The molecule has 0 bridgehead atoms. The number of aromatic nitrogens is 3. The van der Waals surface area contributed by atoms with E-state index < -0.39 is 0 Å². The molecule has 0 amide bonds. The zero-order chi connectivity index (χ0) is 14.8. The summed E-state index contributed by atoms with van der Waals surface area (Å²) in [5, 5.41) is 0. The third kappa shape index (κ3) is 5.14. The van der Waals surface area contributed by atoms with Gasteiger partial charge in [-0.25, -0.2) is 5.84 Å². The molecular formula is C12H24N6O2. The molecule has 0 unspecified atom stereocenters. The molecule has 1 heterocycles. The first kappa shape index (κ1) is 16.4. The zero-order valence-corrected chi connectivity index (χ0v) is 12.4. The van der Waals surface area contributed by atoms with Crippen LogP contribution in [0.4, 0.5) is 11.9 Å². The van der Waals surface area contributed by atoms with Crippen LogP contribution in [-0.2, 0) is 4.74 Å². The minimum absolute atomic E-state index is 0.277. The van der Waals surface area contributed by atoms with Crippen LogP contribution in [0.25, 0.3) is 0 Å². The molecule has 8 nitrogen and oxygen atoms in total. The van der Waals surface area contributed by atoms with E-state index in [0.717, 1.165) is 13.0 Å². The Morgan fingerprint density at radius 2 is 1.95 bits per heavy atom. The minimum atomic E-state index is 0.277. The molecular weight excluding hydrogens is 260 g/mol. The summed E-state index contributed by atoms with van der Waals surface area (Å²) in [7, 11) is 0. The predicted molar refractivity (Wildman–Crippen MR) is 77.8 cm³/mol. The van der Waals surface area contributed by atoms with Gasteiger partial charge in [0.1, 0.15) is 0 Å². The molecule has 0 aliphatic rings. The van der Waals surface area contributed by atoms with Crippen LogP contribution in [0.1, 0.15) is 27.2 Å². The molecule has 0 radical (unpaired) electrons. The molecule has 114 valence electrons. The maximum atomic E-state index is 5.44. The first-order valence-electron chi connectivity index (χ1n) is 6.93. The monoisotopic (exact) mass is 284 g/mol. The van der Waals surface area contributed by atoms with Crippen LogP contribution in [0.2, 0.25) is 0 Å². The van der Waals surface area contributed by atoms with Gasteiger partial charge in [-0.2, -0.15) is 15.0 Å². The molecule has 0 aromatic carbocycles. The van der Waals surface area contributed by atoms with Crippen molar-refractivity contribution in [3.05, 3.63) is 0 Å². The number of ether oxygens (including phenoxy) is 2. The summed E-state index contributed by atoms with van der Waals surface area (Å²) in [5.74, 6) is 6.19. The smallest absolute Gasteiger partial charge is 0.323 e. The Bertz CT molecular complexity index is 390. The highest BCUT2D eigenvalue weighted by Crippen LogP contribution is 2.14. The topological polar surface area (TPSA) is 98.4 Å². The Labute approximate surface area is 119 Å². The highest BCUT2D eigenvalue weighted by atomic mass is 16.5. The highest BCUT2D eigenvalue weighted by Gasteiger charge is 2.12. The van der Waals surface area contributed by atoms with Gasteiger partial charge in [0.15, 0.2) is 0 Å². The van der Waals surface area contributed by atoms with Crippen LogP contribution < -0.4 is 20.9 Å². The largest absolute Gasteiger partial charge is 0.463 e. The predicted octanol–water partition coefficient (Wildman–Crippen LogP) is 0.809. The van der Waals surface area contributed by atoms with Gasteiger partial charge in [0.25, 0.3) is 0 Å². The number of anilines is 2. The Morgan fingerprint density at radius 1 is 1.15 bits per heavy atom. The first-order valence-corrected chi connectivity index (χ1v) is 6.93. The quantitative estimate of drug-likeness (QED) is 0.370. The molecule has 8 heteroatoms. The lowest BCUT2D eigenvalue weighted by Crippen LogP contribution is -2.29. The summed E-state index contributed by atoms with van der Waals surface area (Å²) in [4.78, 5) is 14.6. The van der Waals surface area contributed by atoms with E-state index in [-0.39, 0.29) is 12.0 Å². The van der Waals surface area contributed by atoms with Crippen LogP contribution in [-0.4, -0.2) is 47.9 Å². The number of hydrazine groups is 1. The van der Waals surface area contributed by atoms with Crippen molar-refractivity contribution < 1.29 is 9.47 Å². The van der Waals surface area contributed by atoms with E-state index in [9.17, 15) is 0 Å².